The van der Waals surface area contributed by atoms with Crippen LogP contribution in [0.2, 0.25) is 0 Å². The van der Waals surface area contributed by atoms with Gasteiger partial charge in [0.2, 0.25) is 0 Å². The van der Waals surface area contributed by atoms with E-state index in [0.29, 0.717) is 5.92 Å². The van der Waals surface area contributed by atoms with E-state index in [2.05, 4.69) is 18.2 Å². The summed E-state index contributed by atoms with van der Waals surface area (Å²) in [6, 6.07) is 0. The molecule has 1 fully saturated rings. The molecule has 0 spiro atoms. The van der Waals surface area contributed by atoms with Crippen molar-refractivity contribution < 1.29 is 5.11 Å². The van der Waals surface area contributed by atoms with Crippen LogP contribution in [0.25, 0.3) is 0 Å². The fourth-order valence-corrected chi connectivity index (χ4v) is 2.08. The number of allylic oxidation sites excluding steroid dienone is 3. The average Bonchev–Trinajstić information content (AvgIpc) is 2.06. The van der Waals surface area contributed by atoms with Crippen LogP contribution in [-0.2, 0) is 0 Å². The summed E-state index contributed by atoms with van der Waals surface area (Å²) < 4.78 is 0. The van der Waals surface area contributed by atoms with E-state index in [0.717, 1.165) is 19.3 Å². The standard InChI is InChI=1S/C10H14O/c11-10-7-3-5-8-4-1-2-6-9(8)10/h1-2,4,9-11H,3,5-7H2. The maximum Gasteiger partial charge on any atom is 0.0608 e. The van der Waals surface area contributed by atoms with Gasteiger partial charge >= 0.3 is 0 Å². The Morgan fingerprint density at radius 3 is 3.18 bits per heavy atom. The van der Waals surface area contributed by atoms with Crippen LogP contribution in [0.3, 0.4) is 0 Å². The summed E-state index contributed by atoms with van der Waals surface area (Å²) in [4.78, 5) is 0. The minimum Gasteiger partial charge on any atom is -0.392 e. The zero-order valence-corrected chi connectivity index (χ0v) is 6.66. The van der Waals surface area contributed by atoms with Crippen LogP contribution in [0.15, 0.2) is 23.8 Å². The lowest BCUT2D eigenvalue weighted by molar-refractivity contribution is 0.0982. The molecule has 0 aromatic heterocycles. The van der Waals surface area contributed by atoms with Crippen LogP contribution < -0.4 is 0 Å². The van der Waals surface area contributed by atoms with Gasteiger partial charge in [-0.2, -0.15) is 0 Å². The van der Waals surface area contributed by atoms with Crippen molar-refractivity contribution in [3.05, 3.63) is 23.8 Å². The van der Waals surface area contributed by atoms with Gasteiger partial charge in [-0.15, -0.1) is 0 Å². The summed E-state index contributed by atoms with van der Waals surface area (Å²) in [6.45, 7) is 0. The fraction of sp³-hybridized carbons (Fsp3) is 0.600. The summed E-state index contributed by atoms with van der Waals surface area (Å²) in [5.74, 6) is 0.453. The summed E-state index contributed by atoms with van der Waals surface area (Å²) in [5.41, 5.74) is 1.46. The molecular weight excluding hydrogens is 136 g/mol. The lowest BCUT2D eigenvalue weighted by Crippen LogP contribution is -2.26. The molecule has 0 aliphatic heterocycles. The third kappa shape index (κ3) is 1.25. The van der Waals surface area contributed by atoms with Crippen molar-refractivity contribution in [2.24, 2.45) is 5.92 Å². The Kier molecular flexibility index (Phi) is 1.82. The van der Waals surface area contributed by atoms with Gasteiger partial charge < -0.3 is 5.11 Å². The zero-order chi connectivity index (χ0) is 7.68. The fourth-order valence-electron chi connectivity index (χ4n) is 2.08. The Balaban J connectivity index is 2.18. The normalized spacial score (nSPS) is 36.3. The molecule has 2 aliphatic rings. The van der Waals surface area contributed by atoms with E-state index in [1.807, 2.05) is 0 Å². The third-order valence-corrected chi connectivity index (χ3v) is 2.74. The Bertz CT molecular complexity index is 203. The first-order valence-corrected chi connectivity index (χ1v) is 4.41. The van der Waals surface area contributed by atoms with Crippen LogP contribution in [0, 0.1) is 5.92 Å². The van der Waals surface area contributed by atoms with Gasteiger partial charge in [-0.1, -0.05) is 23.8 Å². The second kappa shape index (κ2) is 2.82. The van der Waals surface area contributed by atoms with E-state index in [1.165, 1.54) is 12.0 Å². The van der Waals surface area contributed by atoms with Crippen LogP contribution in [0.4, 0.5) is 0 Å². The van der Waals surface area contributed by atoms with Crippen LogP contribution in [0.5, 0.6) is 0 Å². The molecule has 0 radical (unpaired) electrons. The minimum absolute atomic E-state index is 0.0695. The number of fused-ring (bicyclic) bond motifs is 1. The van der Waals surface area contributed by atoms with Crippen LogP contribution in [0.1, 0.15) is 25.7 Å². The SMILES string of the molecule is OC1CCCC2=CC=CCC21. The van der Waals surface area contributed by atoms with Crippen molar-refractivity contribution in [2.75, 3.05) is 0 Å². The van der Waals surface area contributed by atoms with Gasteiger partial charge in [0.25, 0.3) is 0 Å². The maximum absolute atomic E-state index is 9.63. The molecule has 0 heterocycles. The van der Waals surface area contributed by atoms with E-state index in [9.17, 15) is 5.11 Å². The molecule has 2 unspecified atom stereocenters. The molecule has 0 aromatic rings. The van der Waals surface area contributed by atoms with E-state index >= 15 is 0 Å². The number of aliphatic hydroxyl groups is 1. The number of hydrogen-bond donors (Lipinski definition) is 1. The predicted octanol–water partition coefficient (Wildman–Crippen LogP) is 2.03. The van der Waals surface area contributed by atoms with Crippen LogP contribution >= 0.6 is 0 Å². The molecular formula is C10H14O. The van der Waals surface area contributed by atoms with Crippen molar-refractivity contribution in [1.29, 1.82) is 0 Å². The lowest BCUT2D eigenvalue weighted by Gasteiger charge is -2.31. The second-order valence-corrected chi connectivity index (χ2v) is 3.47. The molecule has 0 bridgehead atoms. The number of aliphatic hydroxyl groups excluding tert-OH is 1. The van der Waals surface area contributed by atoms with Crippen molar-refractivity contribution in [3.63, 3.8) is 0 Å². The van der Waals surface area contributed by atoms with Gasteiger partial charge in [0.1, 0.15) is 0 Å². The number of hydrogen-bond acceptors (Lipinski definition) is 1. The Morgan fingerprint density at radius 1 is 1.45 bits per heavy atom. The highest BCUT2D eigenvalue weighted by Gasteiger charge is 2.26. The first kappa shape index (κ1) is 7.11. The lowest BCUT2D eigenvalue weighted by atomic mass is 9.78. The van der Waals surface area contributed by atoms with Gasteiger partial charge in [-0.3, -0.25) is 0 Å². The molecule has 0 aromatic carbocycles. The van der Waals surface area contributed by atoms with Crippen molar-refractivity contribution in [1.82, 2.24) is 0 Å². The molecule has 2 atom stereocenters. The Hall–Kier alpha value is -0.560. The maximum atomic E-state index is 9.63. The van der Waals surface area contributed by atoms with Crippen molar-refractivity contribution >= 4 is 0 Å². The highest BCUT2D eigenvalue weighted by atomic mass is 16.3. The summed E-state index contributed by atoms with van der Waals surface area (Å²) in [6.07, 6.45) is 10.8. The molecule has 1 N–H and O–H groups in total. The monoisotopic (exact) mass is 150 g/mol. The number of rotatable bonds is 0. The quantitative estimate of drug-likeness (QED) is 0.560. The Morgan fingerprint density at radius 2 is 2.36 bits per heavy atom. The summed E-state index contributed by atoms with van der Waals surface area (Å²) >= 11 is 0. The first-order valence-electron chi connectivity index (χ1n) is 4.41. The molecule has 11 heavy (non-hydrogen) atoms. The molecule has 1 nitrogen and oxygen atoms in total. The van der Waals surface area contributed by atoms with E-state index < -0.39 is 0 Å². The van der Waals surface area contributed by atoms with Crippen molar-refractivity contribution in [3.8, 4) is 0 Å². The van der Waals surface area contributed by atoms with Crippen molar-refractivity contribution in [2.45, 2.75) is 31.8 Å². The van der Waals surface area contributed by atoms with Gasteiger partial charge in [-0.25, -0.2) is 0 Å². The molecule has 0 saturated heterocycles. The highest BCUT2D eigenvalue weighted by molar-refractivity contribution is 5.23. The van der Waals surface area contributed by atoms with E-state index in [1.54, 1.807) is 0 Å². The van der Waals surface area contributed by atoms with Gasteiger partial charge in [0.15, 0.2) is 0 Å². The van der Waals surface area contributed by atoms with E-state index in [-0.39, 0.29) is 6.10 Å². The van der Waals surface area contributed by atoms with Crippen LogP contribution in [-0.4, -0.2) is 11.2 Å². The van der Waals surface area contributed by atoms with Gasteiger partial charge in [-0.05, 0) is 25.7 Å². The van der Waals surface area contributed by atoms with E-state index in [4.69, 9.17) is 0 Å². The highest BCUT2D eigenvalue weighted by Crippen LogP contribution is 2.34. The molecule has 2 aliphatic carbocycles. The summed E-state index contributed by atoms with van der Waals surface area (Å²) in [7, 11) is 0. The predicted molar refractivity (Wildman–Crippen MR) is 45.2 cm³/mol. The molecule has 1 saturated carbocycles. The first-order chi connectivity index (χ1) is 5.38. The Labute approximate surface area is 67.4 Å². The molecule has 60 valence electrons. The topological polar surface area (TPSA) is 20.2 Å². The zero-order valence-electron chi connectivity index (χ0n) is 6.66. The summed E-state index contributed by atoms with van der Waals surface area (Å²) in [5, 5.41) is 9.63. The third-order valence-electron chi connectivity index (χ3n) is 2.74. The molecule has 0 amide bonds. The average molecular weight is 150 g/mol. The largest absolute Gasteiger partial charge is 0.392 e. The molecule has 2 rings (SSSR count). The minimum atomic E-state index is -0.0695. The smallest absolute Gasteiger partial charge is 0.0608 e. The van der Waals surface area contributed by atoms with Gasteiger partial charge in [0, 0.05) is 5.92 Å². The van der Waals surface area contributed by atoms with Gasteiger partial charge in [0.05, 0.1) is 6.10 Å². The molecule has 1 heteroatoms. The second-order valence-electron chi connectivity index (χ2n) is 3.47.